The van der Waals surface area contributed by atoms with Crippen molar-refractivity contribution in [2.24, 2.45) is 23.0 Å². The standard InChI is InChI=1S/C29H37NO7/c1-17(2)27(33)13-14-29(35)26(3)11-9-19-20(16-36-23(19)31)21(26)10-12-28(29,34)25(27)37-24(32)22(30)15-18-7-5-4-6-8-18/h4-8,13-14,17,21-22,25,33-35H,9-12,15-16,30H2,1-3H3/t21-,22-,25+,26-,27+,28+,29+/m0/s1. The van der Waals surface area contributed by atoms with Crippen LogP contribution in [-0.2, 0) is 25.5 Å². The highest BCUT2D eigenvalue weighted by Crippen LogP contribution is 2.64. The van der Waals surface area contributed by atoms with Gasteiger partial charge in [-0.25, -0.2) is 4.79 Å². The normalized spacial score (nSPS) is 39.5. The van der Waals surface area contributed by atoms with E-state index in [-0.39, 0.29) is 31.3 Å². The van der Waals surface area contributed by atoms with Crippen LogP contribution in [0.1, 0.15) is 52.0 Å². The van der Waals surface area contributed by atoms with E-state index in [9.17, 15) is 24.9 Å². The average molecular weight is 512 g/mol. The molecule has 0 saturated heterocycles. The Kier molecular flexibility index (Phi) is 6.18. The molecule has 0 aromatic heterocycles. The molecule has 8 nitrogen and oxygen atoms in total. The van der Waals surface area contributed by atoms with E-state index < -0.39 is 46.3 Å². The highest BCUT2D eigenvalue weighted by Gasteiger charge is 2.73. The summed E-state index contributed by atoms with van der Waals surface area (Å²) in [5.41, 5.74) is 2.21. The Bertz CT molecular complexity index is 1160. The predicted molar refractivity (Wildman–Crippen MR) is 135 cm³/mol. The minimum absolute atomic E-state index is 0.0555. The van der Waals surface area contributed by atoms with Gasteiger partial charge in [-0.1, -0.05) is 63.3 Å². The first-order valence-electron chi connectivity index (χ1n) is 13.1. The third-order valence-corrected chi connectivity index (χ3v) is 9.63. The monoisotopic (exact) mass is 511 g/mol. The number of carbonyl (C=O) groups excluding carboxylic acids is 2. The van der Waals surface area contributed by atoms with Gasteiger partial charge in [0.1, 0.15) is 29.5 Å². The van der Waals surface area contributed by atoms with Crippen molar-refractivity contribution in [3.05, 3.63) is 59.2 Å². The van der Waals surface area contributed by atoms with E-state index in [0.717, 1.165) is 11.1 Å². The molecule has 37 heavy (non-hydrogen) atoms. The molecular weight excluding hydrogens is 474 g/mol. The van der Waals surface area contributed by atoms with Crippen molar-refractivity contribution in [1.82, 2.24) is 0 Å². The second kappa shape index (κ2) is 8.76. The van der Waals surface area contributed by atoms with E-state index in [1.54, 1.807) is 13.8 Å². The maximum Gasteiger partial charge on any atom is 0.334 e. The molecule has 8 heteroatoms. The first kappa shape index (κ1) is 26.1. The number of benzene rings is 1. The van der Waals surface area contributed by atoms with Crippen molar-refractivity contribution in [2.45, 2.75) is 81.8 Å². The average Bonchev–Trinajstić information content (AvgIpc) is 3.24. The predicted octanol–water partition coefficient (Wildman–Crippen LogP) is 1.95. The lowest BCUT2D eigenvalue weighted by atomic mass is 9.44. The zero-order valence-electron chi connectivity index (χ0n) is 21.6. The van der Waals surface area contributed by atoms with E-state index in [4.69, 9.17) is 15.2 Å². The van der Waals surface area contributed by atoms with E-state index in [1.807, 2.05) is 37.3 Å². The zero-order valence-corrected chi connectivity index (χ0v) is 21.6. The van der Waals surface area contributed by atoms with E-state index in [1.165, 1.54) is 12.2 Å². The van der Waals surface area contributed by atoms with E-state index in [2.05, 4.69) is 0 Å². The molecular formula is C29H37NO7. The van der Waals surface area contributed by atoms with Crippen molar-refractivity contribution >= 4 is 11.9 Å². The van der Waals surface area contributed by atoms with Crippen LogP contribution in [0.25, 0.3) is 0 Å². The van der Waals surface area contributed by atoms with Gasteiger partial charge in [0, 0.05) is 11.0 Å². The lowest BCUT2D eigenvalue weighted by molar-refractivity contribution is -0.298. The molecule has 1 aromatic rings. The number of hydrogen-bond acceptors (Lipinski definition) is 8. The van der Waals surface area contributed by atoms with Gasteiger partial charge in [-0.15, -0.1) is 0 Å². The number of ether oxygens (including phenoxy) is 2. The molecule has 200 valence electrons. The van der Waals surface area contributed by atoms with Crippen molar-refractivity contribution in [3.8, 4) is 0 Å². The third-order valence-electron chi connectivity index (χ3n) is 9.63. The Labute approximate surface area is 217 Å². The summed E-state index contributed by atoms with van der Waals surface area (Å²) >= 11 is 0. The summed E-state index contributed by atoms with van der Waals surface area (Å²) in [5.74, 6) is -1.70. The maximum absolute atomic E-state index is 13.3. The number of fused-ring (bicyclic) bond motifs is 4. The van der Waals surface area contributed by atoms with Gasteiger partial charge in [0.25, 0.3) is 0 Å². The number of aliphatic hydroxyl groups is 3. The van der Waals surface area contributed by atoms with Crippen LogP contribution in [0.5, 0.6) is 0 Å². The first-order chi connectivity index (χ1) is 17.4. The highest BCUT2D eigenvalue weighted by molar-refractivity contribution is 5.92. The molecule has 5 N–H and O–H groups in total. The Morgan fingerprint density at radius 2 is 1.86 bits per heavy atom. The van der Waals surface area contributed by atoms with Crippen LogP contribution in [0.15, 0.2) is 53.6 Å². The number of esters is 2. The molecule has 3 aliphatic carbocycles. The van der Waals surface area contributed by atoms with Crippen LogP contribution in [0.4, 0.5) is 0 Å². The fraction of sp³-hybridized carbons (Fsp3) is 0.586. The summed E-state index contributed by atoms with van der Waals surface area (Å²) in [6.07, 6.45) is 3.11. The number of cyclic esters (lactones) is 1. The van der Waals surface area contributed by atoms with Gasteiger partial charge in [0.05, 0.1) is 0 Å². The Balaban J connectivity index is 1.51. The molecule has 0 spiro atoms. The van der Waals surface area contributed by atoms with Crippen molar-refractivity contribution in [2.75, 3.05) is 6.61 Å². The highest BCUT2D eigenvalue weighted by atomic mass is 16.6. The van der Waals surface area contributed by atoms with E-state index in [0.29, 0.717) is 24.8 Å². The Hall–Kier alpha value is -2.52. The quantitative estimate of drug-likeness (QED) is 0.348. The molecule has 0 bridgehead atoms. The minimum Gasteiger partial charge on any atom is -0.458 e. The Morgan fingerprint density at radius 3 is 2.54 bits per heavy atom. The van der Waals surface area contributed by atoms with Gasteiger partial charge < -0.3 is 30.5 Å². The molecule has 1 heterocycles. The summed E-state index contributed by atoms with van der Waals surface area (Å²) < 4.78 is 11.2. The maximum atomic E-state index is 13.3. The number of carbonyl (C=O) groups is 2. The summed E-state index contributed by atoms with van der Waals surface area (Å²) in [7, 11) is 0. The zero-order chi connectivity index (χ0) is 26.8. The minimum atomic E-state index is -1.98. The van der Waals surface area contributed by atoms with Crippen LogP contribution < -0.4 is 5.73 Å². The largest absolute Gasteiger partial charge is 0.458 e. The summed E-state index contributed by atoms with van der Waals surface area (Å²) in [6.45, 7) is 5.64. The number of nitrogens with two attached hydrogens (primary N) is 1. The van der Waals surface area contributed by atoms with Crippen LogP contribution in [0.2, 0.25) is 0 Å². The lowest BCUT2D eigenvalue weighted by Crippen LogP contribution is -2.78. The molecule has 0 amide bonds. The molecule has 5 rings (SSSR count). The van der Waals surface area contributed by atoms with Crippen LogP contribution in [0.3, 0.4) is 0 Å². The van der Waals surface area contributed by atoms with Gasteiger partial charge >= 0.3 is 11.9 Å². The summed E-state index contributed by atoms with van der Waals surface area (Å²) in [4.78, 5) is 25.5. The molecule has 1 aliphatic heterocycles. The van der Waals surface area contributed by atoms with Crippen molar-refractivity contribution in [1.29, 1.82) is 0 Å². The van der Waals surface area contributed by atoms with Gasteiger partial charge in [-0.2, -0.15) is 0 Å². The molecule has 1 saturated carbocycles. The summed E-state index contributed by atoms with van der Waals surface area (Å²) in [6, 6.07) is 8.28. The SMILES string of the molecule is CC(C)[C@]1(O)C=C[C@@]2(O)[C@@]3(C)CCC4=C(COC4=O)[C@@H]3CC[C@@]2(O)[C@@H]1OC(=O)[C@@H](N)Cc1ccccc1. The Morgan fingerprint density at radius 1 is 1.16 bits per heavy atom. The van der Waals surface area contributed by atoms with Crippen molar-refractivity contribution < 1.29 is 34.4 Å². The molecule has 1 fully saturated rings. The van der Waals surface area contributed by atoms with Crippen LogP contribution >= 0.6 is 0 Å². The molecule has 7 atom stereocenters. The van der Waals surface area contributed by atoms with Crippen LogP contribution in [0, 0.1) is 17.3 Å². The van der Waals surface area contributed by atoms with Gasteiger partial charge in [0.15, 0.2) is 6.10 Å². The fourth-order valence-electron chi connectivity index (χ4n) is 7.20. The number of hydrogen-bond donors (Lipinski definition) is 4. The molecule has 1 aromatic carbocycles. The van der Waals surface area contributed by atoms with Gasteiger partial charge in [0.2, 0.25) is 0 Å². The molecule has 0 unspecified atom stereocenters. The first-order valence-corrected chi connectivity index (χ1v) is 13.1. The van der Waals surface area contributed by atoms with Gasteiger partial charge in [-0.05, 0) is 55.1 Å². The van der Waals surface area contributed by atoms with Crippen LogP contribution in [-0.4, -0.2) is 62.8 Å². The molecule has 0 radical (unpaired) electrons. The topological polar surface area (TPSA) is 139 Å². The second-order valence-corrected chi connectivity index (χ2v) is 11.8. The third kappa shape index (κ3) is 3.64. The lowest BCUT2D eigenvalue weighted by Gasteiger charge is -2.65. The summed E-state index contributed by atoms with van der Waals surface area (Å²) in [5, 5.41) is 36.4. The molecule has 4 aliphatic rings. The number of rotatable bonds is 5. The van der Waals surface area contributed by atoms with E-state index >= 15 is 0 Å². The second-order valence-electron chi connectivity index (χ2n) is 11.8. The smallest absolute Gasteiger partial charge is 0.334 e. The van der Waals surface area contributed by atoms with Crippen molar-refractivity contribution in [3.63, 3.8) is 0 Å². The fourth-order valence-corrected chi connectivity index (χ4v) is 7.20. The van der Waals surface area contributed by atoms with Gasteiger partial charge in [-0.3, -0.25) is 4.79 Å².